The second-order valence-electron chi connectivity index (χ2n) is 6.19. The summed E-state index contributed by atoms with van der Waals surface area (Å²) in [4.78, 5) is 21.7. The van der Waals surface area contributed by atoms with Gasteiger partial charge in [-0.1, -0.05) is 0 Å². The predicted molar refractivity (Wildman–Crippen MR) is 71.1 cm³/mol. The highest BCUT2D eigenvalue weighted by atomic mass is 19.4. The van der Waals surface area contributed by atoms with E-state index >= 15 is 0 Å². The molecule has 0 aromatic rings. The normalized spacial score (nSPS) is 21.5. The average molecular weight is 325 g/mol. The Balaban J connectivity index is 2.79. The molecule has 1 rings (SSSR count). The predicted octanol–water partition coefficient (Wildman–Crippen LogP) is 1.60. The standard InChI is InChI=1S/C12H19BF3NO5/c1-10(2)11(3,4)22-13(21-10)7(5-8(18)19)6-17-9(20)12(14,15)16/h7H,5-6H2,1-4H3,(H,17,20)(H,18,19). The van der Waals surface area contributed by atoms with Gasteiger partial charge in [-0.15, -0.1) is 0 Å². The minimum absolute atomic E-state index is 0.491. The van der Waals surface area contributed by atoms with Crippen molar-refractivity contribution in [2.24, 2.45) is 0 Å². The van der Waals surface area contributed by atoms with Crippen LogP contribution in [0.2, 0.25) is 5.82 Å². The highest BCUT2D eigenvalue weighted by molar-refractivity contribution is 6.48. The molecule has 0 spiro atoms. The molecule has 6 nitrogen and oxygen atoms in total. The van der Waals surface area contributed by atoms with Crippen LogP contribution in [0.3, 0.4) is 0 Å². The highest BCUT2D eigenvalue weighted by Gasteiger charge is 2.54. The van der Waals surface area contributed by atoms with E-state index in [0.717, 1.165) is 0 Å². The minimum Gasteiger partial charge on any atom is -0.481 e. The first-order valence-corrected chi connectivity index (χ1v) is 6.69. The van der Waals surface area contributed by atoms with Crippen LogP contribution in [0.1, 0.15) is 34.1 Å². The molecule has 1 heterocycles. The number of hydrogen-bond donors (Lipinski definition) is 2. The largest absolute Gasteiger partial charge is 0.481 e. The van der Waals surface area contributed by atoms with Crippen molar-refractivity contribution in [3.05, 3.63) is 0 Å². The van der Waals surface area contributed by atoms with Crippen molar-refractivity contribution in [2.75, 3.05) is 6.54 Å². The van der Waals surface area contributed by atoms with E-state index in [0.29, 0.717) is 0 Å². The molecule has 0 radical (unpaired) electrons. The first kappa shape index (κ1) is 18.8. The van der Waals surface area contributed by atoms with Gasteiger partial charge in [0.2, 0.25) is 0 Å². The Bertz CT molecular complexity index is 437. The number of carboxylic acids is 1. The van der Waals surface area contributed by atoms with E-state index in [1.54, 1.807) is 33.0 Å². The fourth-order valence-corrected chi connectivity index (χ4v) is 1.89. The number of carbonyl (C=O) groups is 2. The van der Waals surface area contributed by atoms with E-state index in [9.17, 15) is 22.8 Å². The van der Waals surface area contributed by atoms with Crippen molar-refractivity contribution in [3.8, 4) is 0 Å². The van der Waals surface area contributed by atoms with Crippen LogP contribution in [-0.4, -0.2) is 48.0 Å². The number of nitrogens with one attached hydrogen (secondary N) is 1. The maximum atomic E-state index is 12.2. The summed E-state index contributed by atoms with van der Waals surface area (Å²) in [6.45, 7) is 6.43. The maximum absolute atomic E-state index is 12.2. The Kier molecular flexibility index (Phi) is 5.18. The molecule has 0 saturated carbocycles. The van der Waals surface area contributed by atoms with Crippen LogP contribution < -0.4 is 5.32 Å². The Morgan fingerprint density at radius 2 is 1.64 bits per heavy atom. The molecule has 0 aromatic heterocycles. The lowest BCUT2D eigenvalue weighted by molar-refractivity contribution is -0.173. The van der Waals surface area contributed by atoms with Gasteiger partial charge < -0.3 is 19.7 Å². The monoisotopic (exact) mass is 325 g/mol. The number of halogens is 3. The fourth-order valence-electron chi connectivity index (χ4n) is 1.89. The van der Waals surface area contributed by atoms with Crippen molar-refractivity contribution in [3.63, 3.8) is 0 Å². The fraction of sp³-hybridized carbons (Fsp3) is 0.833. The maximum Gasteiger partial charge on any atom is 0.471 e. The van der Waals surface area contributed by atoms with Gasteiger partial charge in [-0.2, -0.15) is 13.2 Å². The SMILES string of the molecule is CC1(C)OB(C(CNC(=O)C(F)(F)F)CC(=O)O)OC1(C)C. The molecular weight excluding hydrogens is 306 g/mol. The van der Waals surface area contributed by atoms with E-state index in [2.05, 4.69) is 0 Å². The molecule has 22 heavy (non-hydrogen) atoms. The Labute approximate surface area is 126 Å². The molecule has 10 heteroatoms. The highest BCUT2D eigenvalue weighted by Crippen LogP contribution is 2.40. The molecule has 1 aliphatic rings. The number of amides is 1. The Morgan fingerprint density at radius 1 is 1.18 bits per heavy atom. The molecule has 126 valence electrons. The minimum atomic E-state index is -5.02. The van der Waals surface area contributed by atoms with Gasteiger partial charge in [-0.3, -0.25) is 9.59 Å². The summed E-state index contributed by atoms with van der Waals surface area (Å²) < 4.78 is 47.8. The molecule has 2 N–H and O–H groups in total. The lowest BCUT2D eigenvalue weighted by Crippen LogP contribution is -2.42. The first-order chi connectivity index (χ1) is 9.76. The van der Waals surface area contributed by atoms with E-state index < -0.39 is 55.2 Å². The second kappa shape index (κ2) is 6.07. The molecule has 1 fully saturated rings. The number of rotatable bonds is 5. The third-order valence-corrected chi connectivity index (χ3v) is 3.88. The molecule has 0 aliphatic carbocycles. The van der Waals surface area contributed by atoms with Gasteiger partial charge in [0, 0.05) is 18.8 Å². The van der Waals surface area contributed by atoms with Gasteiger partial charge in [0.05, 0.1) is 11.2 Å². The van der Waals surface area contributed by atoms with Gasteiger partial charge in [0.25, 0.3) is 0 Å². The summed E-state index contributed by atoms with van der Waals surface area (Å²) in [7, 11) is -1.02. The van der Waals surface area contributed by atoms with E-state index in [4.69, 9.17) is 14.4 Å². The van der Waals surface area contributed by atoms with Crippen LogP contribution in [0.4, 0.5) is 13.2 Å². The molecule has 0 bridgehead atoms. The summed E-state index contributed by atoms with van der Waals surface area (Å²) in [6, 6.07) is 0. The van der Waals surface area contributed by atoms with Crippen LogP contribution >= 0.6 is 0 Å². The molecule has 1 aliphatic heterocycles. The molecule has 1 saturated heterocycles. The zero-order valence-electron chi connectivity index (χ0n) is 12.8. The van der Waals surface area contributed by atoms with Crippen LogP contribution in [-0.2, 0) is 18.9 Å². The van der Waals surface area contributed by atoms with Gasteiger partial charge >= 0.3 is 25.2 Å². The third kappa shape index (κ3) is 4.36. The molecule has 1 atom stereocenters. The van der Waals surface area contributed by atoms with Gasteiger partial charge in [0.1, 0.15) is 0 Å². The van der Waals surface area contributed by atoms with Crippen molar-refractivity contribution in [2.45, 2.75) is 57.3 Å². The Morgan fingerprint density at radius 3 is 2.00 bits per heavy atom. The average Bonchev–Trinajstić information content (AvgIpc) is 2.51. The van der Waals surface area contributed by atoms with Crippen molar-refractivity contribution in [1.82, 2.24) is 5.32 Å². The van der Waals surface area contributed by atoms with Crippen LogP contribution in [0, 0.1) is 0 Å². The lowest BCUT2D eigenvalue weighted by atomic mass is 9.70. The molecular formula is C12H19BF3NO5. The molecule has 1 amide bonds. The van der Waals surface area contributed by atoms with Crippen molar-refractivity contribution >= 4 is 19.0 Å². The first-order valence-electron chi connectivity index (χ1n) is 6.69. The van der Waals surface area contributed by atoms with Gasteiger partial charge in [-0.05, 0) is 27.7 Å². The number of aliphatic carboxylic acids is 1. The summed E-state index contributed by atoms with van der Waals surface area (Å²) in [5.41, 5.74) is -1.50. The zero-order valence-corrected chi connectivity index (χ0v) is 12.8. The number of carboxylic acid groups (broad SMARTS) is 1. The van der Waals surface area contributed by atoms with E-state index in [-0.39, 0.29) is 0 Å². The number of carbonyl (C=O) groups excluding carboxylic acids is 1. The smallest absolute Gasteiger partial charge is 0.471 e. The Hall–Kier alpha value is -1.29. The summed E-state index contributed by atoms with van der Waals surface area (Å²) >= 11 is 0. The van der Waals surface area contributed by atoms with Crippen LogP contribution in [0.5, 0.6) is 0 Å². The van der Waals surface area contributed by atoms with Crippen LogP contribution in [0.25, 0.3) is 0 Å². The van der Waals surface area contributed by atoms with Crippen molar-refractivity contribution < 1.29 is 37.2 Å². The van der Waals surface area contributed by atoms with Crippen LogP contribution in [0.15, 0.2) is 0 Å². The van der Waals surface area contributed by atoms with E-state index in [1.165, 1.54) is 0 Å². The molecule has 0 aromatic carbocycles. The summed E-state index contributed by atoms with van der Waals surface area (Å²) in [6.07, 6.45) is -5.52. The number of hydrogen-bond acceptors (Lipinski definition) is 4. The lowest BCUT2D eigenvalue weighted by Gasteiger charge is -2.32. The van der Waals surface area contributed by atoms with E-state index in [1.807, 2.05) is 0 Å². The second-order valence-corrected chi connectivity index (χ2v) is 6.19. The van der Waals surface area contributed by atoms with Gasteiger partial charge in [-0.25, -0.2) is 0 Å². The third-order valence-electron chi connectivity index (χ3n) is 3.88. The van der Waals surface area contributed by atoms with Gasteiger partial charge in [0.15, 0.2) is 0 Å². The van der Waals surface area contributed by atoms with Crippen molar-refractivity contribution in [1.29, 1.82) is 0 Å². The quantitative estimate of drug-likeness (QED) is 0.750. The summed E-state index contributed by atoms with van der Waals surface area (Å²) in [5, 5.41) is 10.6. The topological polar surface area (TPSA) is 84.9 Å². The number of alkyl halides is 3. The summed E-state index contributed by atoms with van der Waals surface area (Å²) in [5.74, 6) is -4.29. The molecule has 1 unspecified atom stereocenters. The zero-order chi connectivity index (χ0) is 17.3.